The number of hydrogen-bond donors (Lipinski definition) is 3. The minimum Gasteiger partial charge on any atom is -0.465 e. The lowest BCUT2D eigenvalue weighted by atomic mass is 10.1. The second-order valence-corrected chi connectivity index (χ2v) is 3.70. The summed E-state index contributed by atoms with van der Waals surface area (Å²) in [5.41, 5.74) is 0.0698. The fraction of sp³-hybridized carbons (Fsp3) is 0.364. The number of nitro groups is 1. The molecular formula is C11H14N2O6. The lowest BCUT2D eigenvalue weighted by Gasteiger charge is -2.13. The van der Waals surface area contributed by atoms with E-state index in [4.69, 9.17) is 5.11 Å². The predicted molar refractivity (Wildman–Crippen MR) is 66.0 cm³/mol. The molecule has 0 aliphatic heterocycles. The number of aliphatic hydroxyl groups is 2. The molecule has 104 valence electrons. The van der Waals surface area contributed by atoms with Crippen LogP contribution < -0.4 is 5.32 Å². The molecule has 0 aromatic heterocycles. The molecule has 0 saturated heterocycles. The third kappa shape index (κ3) is 3.90. The molecule has 19 heavy (non-hydrogen) atoms. The molecular weight excluding hydrogens is 256 g/mol. The second kappa shape index (κ2) is 6.66. The molecule has 0 spiro atoms. The predicted octanol–water partition coefficient (Wildman–Crippen LogP) is 0.146. The zero-order valence-corrected chi connectivity index (χ0v) is 10.2. The topological polar surface area (TPSA) is 122 Å². The van der Waals surface area contributed by atoms with Gasteiger partial charge in [-0.1, -0.05) is 0 Å². The smallest absolute Gasteiger partial charge is 0.339 e. The molecule has 1 atom stereocenters. The highest BCUT2D eigenvalue weighted by Crippen LogP contribution is 2.23. The van der Waals surface area contributed by atoms with Gasteiger partial charge in [-0.2, -0.15) is 0 Å². The van der Waals surface area contributed by atoms with E-state index in [0.717, 1.165) is 6.07 Å². The van der Waals surface area contributed by atoms with Crippen molar-refractivity contribution in [3.63, 3.8) is 0 Å². The van der Waals surface area contributed by atoms with Gasteiger partial charge in [-0.25, -0.2) is 4.79 Å². The van der Waals surface area contributed by atoms with Gasteiger partial charge in [-0.3, -0.25) is 10.1 Å². The van der Waals surface area contributed by atoms with Crippen LogP contribution in [0.5, 0.6) is 0 Å². The highest BCUT2D eigenvalue weighted by Gasteiger charge is 2.17. The second-order valence-electron chi connectivity index (χ2n) is 3.70. The monoisotopic (exact) mass is 270 g/mol. The summed E-state index contributed by atoms with van der Waals surface area (Å²) in [6.07, 6.45) is -1.04. The van der Waals surface area contributed by atoms with Gasteiger partial charge in [0, 0.05) is 18.7 Å². The number of nitrogens with one attached hydrogen (secondary N) is 1. The number of esters is 1. The number of hydrogen-bond acceptors (Lipinski definition) is 7. The number of aliphatic hydroxyl groups excluding tert-OH is 2. The summed E-state index contributed by atoms with van der Waals surface area (Å²) < 4.78 is 4.55. The van der Waals surface area contributed by atoms with Gasteiger partial charge in [0.1, 0.15) is 0 Å². The molecule has 0 saturated carbocycles. The first-order valence-electron chi connectivity index (χ1n) is 5.39. The number of ether oxygens (including phenoxy) is 1. The molecule has 8 nitrogen and oxygen atoms in total. The van der Waals surface area contributed by atoms with E-state index in [-0.39, 0.29) is 23.5 Å². The zero-order chi connectivity index (χ0) is 14.4. The lowest BCUT2D eigenvalue weighted by molar-refractivity contribution is -0.384. The minimum absolute atomic E-state index is 0.0539. The van der Waals surface area contributed by atoms with Crippen LogP contribution in [0.3, 0.4) is 0 Å². The minimum atomic E-state index is -1.04. The molecule has 0 aliphatic carbocycles. The number of carbonyl (C=O) groups is 1. The lowest BCUT2D eigenvalue weighted by Crippen LogP contribution is -2.24. The highest BCUT2D eigenvalue weighted by molar-refractivity contribution is 5.96. The first-order valence-corrected chi connectivity index (χ1v) is 5.39. The van der Waals surface area contributed by atoms with E-state index >= 15 is 0 Å². The van der Waals surface area contributed by atoms with E-state index in [9.17, 15) is 20.0 Å². The summed E-state index contributed by atoms with van der Waals surface area (Å²) in [4.78, 5) is 21.6. The Hall–Kier alpha value is -2.19. The van der Waals surface area contributed by atoms with Crippen LogP contribution in [0.4, 0.5) is 11.4 Å². The van der Waals surface area contributed by atoms with Crippen molar-refractivity contribution in [3.8, 4) is 0 Å². The van der Waals surface area contributed by atoms with Crippen LogP contribution in [0, 0.1) is 10.1 Å². The molecule has 0 bridgehead atoms. The van der Waals surface area contributed by atoms with E-state index in [0.29, 0.717) is 0 Å². The Balaban J connectivity index is 3.03. The maximum Gasteiger partial charge on any atom is 0.339 e. The van der Waals surface area contributed by atoms with Crippen molar-refractivity contribution in [2.24, 2.45) is 0 Å². The Morgan fingerprint density at radius 1 is 1.58 bits per heavy atom. The van der Waals surface area contributed by atoms with Gasteiger partial charge in [-0.05, 0) is 6.07 Å². The fourth-order valence-corrected chi connectivity index (χ4v) is 1.37. The van der Waals surface area contributed by atoms with E-state index in [2.05, 4.69) is 10.1 Å². The van der Waals surface area contributed by atoms with Gasteiger partial charge in [-0.15, -0.1) is 0 Å². The Morgan fingerprint density at radius 2 is 2.26 bits per heavy atom. The van der Waals surface area contributed by atoms with Crippen LogP contribution in [0.2, 0.25) is 0 Å². The normalized spacial score (nSPS) is 11.7. The van der Waals surface area contributed by atoms with Gasteiger partial charge in [0.05, 0.1) is 36.0 Å². The van der Waals surface area contributed by atoms with E-state index in [1.807, 2.05) is 0 Å². The Morgan fingerprint density at radius 3 is 2.79 bits per heavy atom. The Kier molecular flexibility index (Phi) is 5.22. The fourth-order valence-electron chi connectivity index (χ4n) is 1.37. The number of carbonyl (C=O) groups excluding carboxylic acids is 1. The molecule has 8 heteroatoms. The molecule has 1 aromatic rings. The zero-order valence-electron chi connectivity index (χ0n) is 10.2. The number of anilines is 1. The summed E-state index contributed by atoms with van der Waals surface area (Å²) in [7, 11) is 1.19. The number of non-ortho nitro benzene ring substituents is 1. The third-order valence-electron chi connectivity index (χ3n) is 2.36. The van der Waals surface area contributed by atoms with E-state index in [1.54, 1.807) is 0 Å². The van der Waals surface area contributed by atoms with Crippen molar-refractivity contribution >= 4 is 17.3 Å². The van der Waals surface area contributed by atoms with Crippen LogP contribution >= 0.6 is 0 Å². The number of rotatable bonds is 6. The van der Waals surface area contributed by atoms with Crippen LogP contribution in [0.25, 0.3) is 0 Å². The first-order chi connectivity index (χ1) is 8.99. The highest BCUT2D eigenvalue weighted by atomic mass is 16.6. The molecule has 3 N–H and O–H groups in total. The van der Waals surface area contributed by atoms with Gasteiger partial charge in [0.25, 0.3) is 5.69 Å². The molecule has 1 rings (SSSR count). The maximum atomic E-state index is 11.5. The SMILES string of the molecule is COC(=O)c1ccc([N+](=O)[O-])cc1NCC(O)CO. The Labute approximate surface area is 108 Å². The largest absolute Gasteiger partial charge is 0.465 e. The van der Waals surface area contributed by atoms with Crippen molar-refractivity contribution in [3.05, 3.63) is 33.9 Å². The van der Waals surface area contributed by atoms with Crippen LogP contribution in [-0.2, 0) is 4.74 Å². The number of benzene rings is 1. The number of nitrogens with zero attached hydrogens (tertiary/aromatic N) is 1. The summed E-state index contributed by atoms with van der Waals surface area (Å²) in [5, 5.41) is 31.2. The average Bonchev–Trinajstić information content (AvgIpc) is 2.43. The molecule has 0 fully saturated rings. The van der Waals surface area contributed by atoms with E-state index < -0.39 is 23.6 Å². The van der Waals surface area contributed by atoms with Crippen molar-refractivity contribution in [2.45, 2.75) is 6.10 Å². The average molecular weight is 270 g/mol. The molecule has 0 amide bonds. The summed E-state index contributed by atoms with van der Waals surface area (Å²) in [6.45, 7) is -0.517. The maximum absolute atomic E-state index is 11.5. The van der Waals surface area contributed by atoms with Gasteiger partial charge < -0.3 is 20.3 Å². The third-order valence-corrected chi connectivity index (χ3v) is 2.36. The van der Waals surface area contributed by atoms with Crippen molar-refractivity contribution in [1.29, 1.82) is 0 Å². The van der Waals surface area contributed by atoms with Crippen molar-refractivity contribution in [1.82, 2.24) is 0 Å². The molecule has 0 heterocycles. The van der Waals surface area contributed by atoms with Crippen molar-refractivity contribution in [2.75, 3.05) is 25.6 Å². The Bertz CT molecular complexity index is 476. The van der Waals surface area contributed by atoms with Crippen LogP contribution in [0.15, 0.2) is 18.2 Å². The van der Waals surface area contributed by atoms with E-state index in [1.165, 1.54) is 19.2 Å². The van der Waals surface area contributed by atoms with Crippen molar-refractivity contribution < 1.29 is 24.7 Å². The summed E-state index contributed by atoms with van der Waals surface area (Å²) in [5.74, 6) is -0.657. The number of methoxy groups -OCH3 is 1. The summed E-state index contributed by atoms with van der Waals surface area (Å²) >= 11 is 0. The van der Waals surface area contributed by atoms with Crippen LogP contribution in [-0.4, -0.2) is 47.5 Å². The molecule has 0 aliphatic rings. The quantitative estimate of drug-likeness (QED) is 0.382. The van der Waals surface area contributed by atoms with Gasteiger partial charge >= 0.3 is 5.97 Å². The number of nitro benzene ring substituents is 1. The standard InChI is InChI=1S/C11H14N2O6/c1-19-11(16)9-3-2-7(13(17)18)4-10(9)12-5-8(15)6-14/h2-4,8,12,14-15H,5-6H2,1H3. The van der Waals surface area contributed by atoms with Crippen LogP contribution in [0.1, 0.15) is 10.4 Å². The summed E-state index contributed by atoms with van der Waals surface area (Å²) in [6, 6.07) is 3.61. The van der Waals surface area contributed by atoms with Gasteiger partial charge in [0.15, 0.2) is 0 Å². The first kappa shape index (κ1) is 14.9. The molecule has 0 radical (unpaired) electrons. The van der Waals surface area contributed by atoms with Gasteiger partial charge in [0.2, 0.25) is 0 Å². The molecule has 1 unspecified atom stereocenters. The molecule has 1 aromatic carbocycles.